The second kappa shape index (κ2) is 10.2. The number of rotatable bonds is 5. The van der Waals surface area contributed by atoms with E-state index < -0.39 is 29.2 Å². The number of nitrogens with zero attached hydrogens (tertiary/aromatic N) is 2. The molecule has 38 heavy (non-hydrogen) atoms. The largest absolute Gasteiger partial charge is 0.463 e. The molecule has 2 aliphatic heterocycles. The Morgan fingerprint density at radius 2 is 1.71 bits per heavy atom. The first-order valence-electron chi connectivity index (χ1n) is 12.1. The van der Waals surface area contributed by atoms with Crippen LogP contribution in [0.4, 0.5) is 10.1 Å². The number of carbonyl (C=O) groups excluding carboxylic acids is 2. The summed E-state index contributed by atoms with van der Waals surface area (Å²) >= 11 is 12.3. The summed E-state index contributed by atoms with van der Waals surface area (Å²) in [6.45, 7) is 3.43. The van der Waals surface area contributed by atoms with Crippen molar-refractivity contribution >= 4 is 46.5 Å². The molecule has 0 bridgehead atoms. The van der Waals surface area contributed by atoms with E-state index in [0.29, 0.717) is 27.1 Å². The minimum Gasteiger partial charge on any atom is -0.463 e. The Balaban J connectivity index is 1.79. The lowest BCUT2D eigenvalue weighted by atomic mass is 9.68. The van der Waals surface area contributed by atoms with Gasteiger partial charge in [-0.1, -0.05) is 53.5 Å². The Labute approximate surface area is 229 Å². The maximum absolute atomic E-state index is 15.5. The summed E-state index contributed by atoms with van der Waals surface area (Å²) in [5, 5.41) is 10.4. The first-order chi connectivity index (χ1) is 18.3. The summed E-state index contributed by atoms with van der Waals surface area (Å²) in [6, 6.07) is 20.1. The molecular formula is C29H24Cl2FN3O3. The summed E-state index contributed by atoms with van der Waals surface area (Å²) < 4.78 is 20.9. The molecule has 5 rings (SSSR count). The number of anilines is 1. The Bertz CT molecular complexity index is 1470. The molecular weight excluding hydrogens is 528 g/mol. The van der Waals surface area contributed by atoms with Crippen LogP contribution in [-0.4, -0.2) is 29.7 Å². The van der Waals surface area contributed by atoms with E-state index >= 15 is 4.39 Å². The number of ether oxygens (including phenoxy) is 1. The van der Waals surface area contributed by atoms with Crippen LogP contribution in [0.5, 0.6) is 0 Å². The van der Waals surface area contributed by atoms with Gasteiger partial charge in [0.2, 0.25) is 0 Å². The van der Waals surface area contributed by atoms with Crippen LogP contribution in [0.15, 0.2) is 89.2 Å². The predicted molar refractivity (Wildman–Crippen MR) is 146 cm³/mol. The van der Waals surface area contributed by atoms with Crippen LogP contribution in [0.2, 0.25) is 10.0 Å². The van der Waals surface area contributed by atoms with Gasteiger partial charge in [0, 0.05) is 22.2 Å². The second-order valence-electron chi connectivity index (χ2n) is 9.11. The maximum Gasteiger partial charge on any atom is 0.336 e. The van der Waals surface area contributed by atoms with Gasteiger partial charge >= 0.3 is 5.97 Å². The summed E-state index contributed by atoms with van der Waals surface area (Å²) in [5.74, 6) is -2.63. The van der Waals surface area contributed by atoms with E-state index in [1.54, 1.807) is 73.5 Å². The van der Waals surface area contributed by atoms with Gasteiger partial charge in [-0.05, 0) is 67.4 Å². The SMILES string of the molecule is CCOC(=O)C1=C(C)NC(=O)[C@@]2(CC(c3ccc(Cl)cc3)=NN2c2ccc(Cl)cc2)[C@H]1c1ccccc1F. The molecule has 1 amide bonds. The normalized spacial score (nSPS) is 21.0. The standard InChI is InChI=1S/C29H24Cl2FN3O3/c1-3-38-27(36)25-17(2)33-28(37)29(26(25)22-6-4-5-7-23(22)32)16-24(18-8-10-19(30)11-9-18)34-35(29)21-14-12-20(31)13-15-21/h4-15,26H,3,16H2,1-2H3,(H,33,37)/t26-,29+/m0/s1. The third-order valence-corrected chi connectivity index (χ3v) is 7.36. The van der Waals surface area contributed by atoms with Crippen molar-refractivity contribution in [3.05, 3.63) is 111 Å². The molecule has 0 radical (unpaired) electrons. The summed E-state index contributed by atoms with van der Waals surface area (Å²) in [6.07, 6.45) is 0.0816. The molecule has 1 N–H and O–H groups in total. The first kappa shape index (κ1) is 25.9. The number of nitrogens with one attached hydrogen (secondary N) is 1. The highest BCUT2D eigenvalue weighted by Crippen LogP contribution is 2.51. The van der Waals surface area contributed by atoms with Crippen molar-refractivity contribution in [2.45, 2.75) is 31.7 Å². The monoisotopic (exact) mass is 551 g/mol. The van der Waals surface area contributed by atoms with Gasteiger partial charge in [-0.15, -0.1) is 0 Å². The average Bonchev–Trinajstić information content (AvgIpc) is 3.29. The lowest BCUT2D eigenvalue weighted by molar-refractivity contribution is -0.139. The third-order valence-electron chi connectivity index (χ3n) is 6.86. The van der Waals surface area contributed by atoms with Gasteiger partial charge in [0.25, 0.3) is 5.91 Å². The van der Waals surface area contributed by atoms with Gasteiger partial charge in [-0.25, -0.2) is 14.2 Å². The molecule has 0 aliphatic carbocycles. The fourth-order valence-corrected chi connectivity index (χ4v) is 5.43. The van der Waals surface area contributed by atoms with Crippen molar-refractivity contribution in [2.24, 2.45) is 5.10 Å². The highest BCUT2D eigenvalue weighted by atomic mass is 35.5. The summed E-state index contributed by atoms with van der Waals surface area (Å²) in [4.78, 5) is 27.5. The topological polar surface area (TPSA) is 71.0 Å². The van der Waals surface area contributed by atoms with Crippen LogP contribution in [-0.2, 0) is 14.3 Å². The lowest BCUT2D eigenvalue weighted by Gasteiger charge is -2.46. The van der Waals surface area contributed by atoms with E-state index in [9.17, 15) is 9.59 Å². The molecule has 0 saturated carbocycles. The van der Waals surface area contributed by atoms with Gasteiger partial charge in [-0.3, -0.25) is 4.79 Å². The number of benzene rings is 3. The molecule has 9 heteroatoms. The molecule has 0 saturated heterocycles. The van der Waals surface area contributed by atoms with Crippen molar-refractivity contribution in [2.75, 3.05) is 11.6 Å². The molecule has 194 valence electrons. The number of esters is 1. The molecule has 0 unspecified atom stereocenters. The smallest absolute Gasteiger partial charge is 0.336 e. The minimum atomic E-state index is -1.54. The highest BCUT2D eigenvalue weighted by Gasteiger charge is 2.61. The van der Waals surface area contributed by atoms with Crippen LogP contribution in [0.3, 0.4) is 0 Å². The molecule has 1 spiro atoms. The predicted octanol–water partition coefficient (Wildman–Crippen LogP) is 6.24. The zero-order chi connectivity index (χ0) is 27.0. The van der Waals surface area contributed by atoms with Crippen LogP contribution in [0.1, 0.15) is 37.3 Å². The quantitative estimate of drug-likeness (QED) is 0.381. The summed E-state index contributed by atoms with van der Waals surface area (Å²) in [5.41, 5.74) is 1.01. The van der Waals surface area contributed by atoms with Crippen LogP contribution >= 0.6 is 23.2 Å². The van der Waals surface area contributed by atoms with Crippen molar-refractivity contribution in [3.63, 3.8) is 0 Å². The van der Waals surface area contributed by atoms with E-state index in [0.717, 1.165) is 5.56 Å². The van der Waals surface area contributed by atoms with Crippen molar-refractivity contribution in [1.82, 2.24) is 5.32 Å². The maximum atomic E-state index is 15.5. The Kier molecular flexibility index (Phi) is 6.99. The van der Waals surface area contributed by atoms with E-state index in [1.165, 1.54) is 6.07 Å². The molecule has 6 nitrogen and oxygen atoms in total. The van der Waals surface area contributed by atoms with Crippen molar-refractivity contribution in [3.8, 4) is 0 Å². The molecule has 3 aromatic rings. The molecule has 0 fully saturated rings. The van der Waals surface area contributed by atoms with Gasteiger partial charge in [0.15, 0.2) is 5.54 Å². The fourth-order valence-electron chi connectivity index (χ4n) is 5.18. The second-order valence-corrected chi connectivity index (χ2v) is 9.98. The third kappa shape index (κ3) is 4.36. The van der Waals surface area contributed by atoms with Gasteiger partial charge in [-0.2, -0.15) is 5.10 Å². The van der Waals surface area contributed by atoms with E-state index in [2.05, 4.69) is 5.32 Å². The summed E-state index contributed by atoms with van der Waals surface area (Å²) in [7, 11) is 0. The van der Waals surface area contributed by atoms with Gasteiger partial charge < -0.3 is 10.1 Å². The minimum absolute atomic E-state index is 0.0816. The number of amides is 1. The molecule has 0 aromatic heterocycles. The number of allylic oxidation sites excluding steroid dienone is 1. The van der Waals surface area contributed by atoms with Crippen LogP contribution in [0, 0.1) is 5.82 Å². The molecule has 2 atom stereocenters. The lowest BCUT2D eigenvalue weighted by Crippen LogP contribution is -2.62. The number of hydrogen-bond donors (Lipinski definition) is 1. The van der Waals surface area contributed by atoms with Crippen LogP contribution in [0.25, 0.3) is 0 Å². The van der Waals surface area contributed by atoms with Crippen LogP contribution < -0.4 is 10.3 Å². The Morgan fingerprint density at radius 3 is 2.34 bits per heavy atom. The zero-order valence-electron chi connectivity index (χ0n) is 20.7. The van der Waals surface area contributed by atoms with Crippen molar-refractivity contribution in [1.29, 1.82) is 0 Å². The molecule has 3 aromatic carbocycles. The van der Waals surface area contributed by atoms with E-state index in [4.69, 9.17) is 33.0 Å². The van der Waals surface area contributed by atoms with Crippen molar-refractivity contribution < 1.29 is 18.7 Å². The first-order valence-corrected chi connectivity index (χ1v) is 12.8. The van der Waals surface area contributed by atoms with Gasteiger partial charge in [0.1, 0.15) is 5.82 Å². The Hall–Kier alpha value is -3.68. The average molecular weight is 552 g/mol. The molecule has 2 aliphatic rings. The number of hydrazone groups is 1. The zero-order valence-corrected chi connectivity index (χ0v) is 22.2. The Morgan fingerprint density at radius 1 is 1.08 bits per heavy atom. The molecule has 2 heterocycles. The van der Waals surface area contributed by atoms with E-state index in [1.807, 2.05) is 12.1 Å². The number of halogens is 3. The van der Waals surface area contributed by atoms with E-state index in [-0.39, 0.29) is 24.2 Å². The number of hydrogen-bond acceptors (Lipinski definition) is 5. The van der Waals surface area contributed by atoms with Gasteiger partial charge in [0.05, 0.1) is 29.5 Å². The highest BCUT2D eigenvalue weighted by molar-refractivity contribution is 6.31. The fraction of sp³-hybridized carbons (Fsp3) is 0.207. The number of carbonyl (C=O) groups is 2.